The molecule has 2 aromatic rings. The van der Waals surface area contributed by atoms with Gasteiger partial charge in [0.1, 0.15) is 0 Å². The second-order valence-corrected chi connectivity index (χ2v) is 4.93. The van der Waals surface area contributed by atoms with Crippen LogP contribution in [-0.2, 0) is 0 Å². The molecule has 0 aliphatic carbocycles. The molecule has 0 spiro atoms. The van der Waals surface area contributed by atoms with Crippen LogP contribution >= 0.6 is 0 Å². The number of nitrogens with zero attached hydrogens (tertiary/aromatic N) is 1. The van der Waals surface area contributed by atoms with Gasteiger partial charge in [0.05, 0.1) is 0 Å². The van der Waals surface area contributed by atoms with Gasteiger partial charge in [-0.05, 0) is 23.6 Å². The Hall–Kier alpha value is -2.16. The van der Waals surface area contributed by atoms with Crippen LogP contribution in [0.15, 0.2) is 48.7 Å². The van der Waals surface area contributed by atoms with Gasteiger partial charge in [0.15, 0.2) is 0 Å². The molecule has 0 fully saturated rings. The predicted octanol–water partition coefficient (Wildman–Crippen LogP) is 2.79. The fraction of sp³-hybridized carbons (Fsp3) is 0.250. The number of aryl methyl sites for hydroxylation is 1. The summed E-state index contributed by atoms with van der Waals surface area (Å²) in [5.41, 5.74) is 5.80. The average Bonchev–Trinajstić information content (AvgIpc) is 2.41. The Morgan fingerprint density at radius 2 is 1.84 bits per heavy atom. The zero-order valence-corrected chi connectivity index (χ0v) is 11.6. The van der Waals surface area contributed by atoms with Gasteiger partial charge in [-0.1, -0.05) is 36.7 Å². The van der Waals surface area contributed by atoms with Crippen molar-refractivity contribution in [2.75, 3.05) is 5.43 Å². The molecular weight excluding hydrogens is 236 g/mol. The quantitative estimate of drug-likeness (QED) is 0.841. The lowest BCUT2D eigenvalue weighted by Crippen LogP contribution is -2.50. The third-order valence-electron chi connectivity index (χ3n) is 3.10. The fourth-order valence-corrected chi connectivity index (χ4v) is 1.89. The molecule has 0 radical (unpaired) electrons. The Balaban J connectivity index is 2.18. The topological polar surface area (TPSA) is 33.0 Å². The van der Waals surface area contributed by atoms with Crippen LogP contribution in [0.2, 0.25) is 0 Å². The molecule has 0 atom stereocenters. The zero-order valence-electron chi connectivity index (χ0n) is 11.6. The smallest absolute Gasteiger partial charge is 0.264 e. The summed E-state index contributed by atoms with van der Waals surface area (Å²) in [5.74, 6) is 0.379. The molecule has 1 amide bonds. The molecule has 0 saturated heterocycles. The molecule has 3 heteroatoms. The number of carbonyl (C=O) groups excluding carboxylic acids is 1. The number of amides is 1. The van der Waals surface area contributed by atoms with E-state index in [1.54, 1.807) is 16.8 Å². The Kier molecular flexibility index (Phi) is 3.95. The molecule has 3 nitrogen and oxygen atoms in total. The van der Waals surface area contributed by atoms with E-state index in [0.29, 0.717) is 11.5 Å². The number of aromatic nitrogens is 1. The number of rotatable bonds is 3. The minimum absolute atomic E-state index is 0.106. The lowest BCUT2D eigenvalue weighted by atomic mass is 10.0. The Labute approximate surface area is 113 Å². The molecule has 1 heterocycles. The highest BCUT2D eigenvalue weighted by atomic mass is 16.2. The molecule has 1 aromatic heterocycles. The van der Waals surface area contributed by atoms with Crippen LogP contribution in [0.1, 0.15) is 41.4 Å². The van der Waals surface area contributed by atoms with E-state index in [1.807, 2.05) is 37.4 Å². The Bertz CT molecular complexity index is 577. The second kappa shape index (κ2) is 5.65. The third kappa shape index (κ3) is 3.19. The van der Waals surface area contributed by atoms with E-state index < -0.39 is 0 Å². The van der Waals surface area contributed by atoms with Crippen molar-refractivity contribution >= 4 is 5.91 Å². The number of benzene rings is 1. The van der Waals surface area contributed by atoms with Gasteiger partial charge < -0.3 is 0 Å². The predicted molar refractivity (Wildman–Crippen MR) is 75.6 cm³/mol. The standard InChI is InChI=1S/C16H18N2O/c1-12(2)15-9-10-18(13(3)11-15)17-16(19)14-7-5-4-6-8-14/h4-12H,1-3H3/p+1. The number of carbonyl (C=O) groups is 1. The summed E-state index contributed by atoms with van der Waals surface area (Å²) in [4.78, 5) is 12.1. The van der Waals surface area contributed by atoms with E-state index in [9.17, 15) is 4.79 Å². The molecule has 1 aromatic carbocycles. The van der Waals surface area contributed by atoms with Gasteiger partial charge in [0.2, 0.25) is 11.9 Å². The summed E-state index contributed by atoms with van der Waals surface area (Å²) in [6.07, 6.45) is 1.89. The highest BCUT2D eigenvalue weighted by molar-refractivity contribution is 5.98. The normalized spacial score (nSPS) is 10.5. The van der Waals surface area contributed by atoms with Crippen molar-refractivity contribution in [2.24, 2.45) is 0 Å². The maximum absolute atomic E-state index is 12.1. The molecular formula is C16H19N2O+. The Morgan fingerprint density at radius 1 is 1.16 bits per heavy atom. The molecule has 1 N–H and O–H groups in total. The highest BCUT2D eigenvalue weighted by Gasteiger charge is 2.14. The van der Waals surface area contributed by atoms with Gasteiger partial charge in [-0.3, -0.25) is 4.79 Å². The van der Waals surface area contributed by atoms with E-state index in [4.69, 9.17) is 0 Å². The number of hydrogen-bond donors (Lipinski definition) is 1. The molecule has 2 rings (SSSR count). The van der Waals surface area contributed by atoms with Gasteiger partial charge in [-0.2, -0.15) is 0 Å². The summed E-state index contributed by atoms with van der Waals surface area (Å²) in [6, 6.07) is 13.3. The molecule has 0 aliphatic heterocycles. The Morgan fingerprint density at radius 3 is 2.42 bits per heavy atom. The van der Waals surface area contributed by atoms with Crippen molar-refractivity contribution in [3.63, 3.8) is 0 Å². The van der Waals surface area contributed by atoms with Crippen molar-refractivity contribution < 1.29 is 9.47 Å². The molecule has 0 aliphatic rings. The zero-order chi connectivity index (χ0) is 13.8. The maximum Gasteiger partial charge on any atom is 0.305 e. The van der Waals surface area contributed by atoms with Crippen LogP contribution < -0.4 is 10.1 Å². The summed E-state index contributed by atoms with van der Waals surface area (Å²) in [5, 5.41) is 0. The minimum Gasteiger partial charge on any atom is -0.264 e. The first-order valence-corrected chi connectivity index (χ1v) is 6.46. The van der Waals surface area contributed by atoms with Gasteiger partial charge in [-0.25, -0.2) is 0 Å². The SMILES string of the molecule is Cc1cc(C(C)C)cc[n+]1NC(=O)c1ccccc1. The van der Waals surface area contributed by atoms with E-state index in [-0.39, 0.29) is 5.91 Å². The van der Waals surface area contributed by atoms with E-state index in [1.165, 1.54) is 5.56 Å². The van der Waals surface area contributed by atoms with Gasteiger partial charge in [0, 0.05) is 24.6 Å². The lowest BCUT2D eigenvalue weighted by Gasteiger charge is -2.06. The molecule has 0 bridgehead atoms. The molecule has 98 valence electrons. The number of pyridine rings is 1. The average molecular weight is 255 g/mol. The fourth-order valence-electron chi connectivity index (χ4n) is 1.89. The first kappa shape index (κ1) is 13.3. The van der Waals surface area contributed by atoms with Crippen molar-refractivity contribution in [2.45, 2.75) is 26.7 Å². The number of nitrogens with one attached hydrogen (secondary N) is 1. The third-order valence-corrected chi connectivity index (χ3v) is 3.10. The molecule has 19 heavy (non-hydrogen) atoms. The monoisotopic (exact) mass is 255 g/mol. The van der Waals surface area contributed by atoms with E-state index in [2.05, 4.69) is 25.3 Å². The largest absolute Gasteiger partial charge is 0.305 e. The minimum atomic E-state index is -0.106. The van der Waals surface area contributed by atoms with Crippen LogP contribution in [0.4, 0.5) is 0 Å². The van der Waals surface area contributed by atoms with Gasteiger partial charge >= 0.3 is 5.91 Å². The highest BCUT2D eigenvalue weighted by Crippen LogP contribution is 2.12. The first-order chi connectivity index (χ1) is 9.08. The number of hydrogen-bond acceptors (Lipinski definition) is 1. The van der Waals surface area contributed by atoms with Crippen molar-refractivity contribution in [1.82, 2.24) is 0 Å². The summed E-state index contributed by atoms with van der Waals surface area (Å²) < 4.78 is 1.75. The lowest BCUT2D eigenvalue weighted by molar-refractivity contribution is -0.647. The van der Waals surface area contributed by atoms with Crippen LogP contribution in [0, 0.1) is 6.92 Å². The first-order valence-electron chi connectivity index (χ1n) is 6.46. The van der Waals surface area contributed by atoms with Crippen LogP contribution in [0.5, 0.6) is 0 Å². The van der Waals surface area contributed by atoms with E-state index >= 15 is 0 Å². The molecule has 0 unspecified atom stereocenters. The van der Waals surface area contributed by atoms with Crippen LogP contribution in [0.3, 0.4) is 0 Å². The maximum atomic E-state index is 12.1. The van der Waals surface area contributed by atoms with Gasteiger partial charge in [0.25, 0.3) is 0 Å². The second-order valence-electron chi connectivity index (χ2n) is 4.93. The summed E-state index contributed by atoms with van der Waals surface area (Å²) in [6.45, 7) is 6.29. The van der Waals surface area contributed by atoms with Crippen LogP contribution in [0.25, 0.3) is 0 Å². The van der Waals surface area contributed by atoms with Crippen LogP contribution in [-0.4, -0.2) is 5.91 Å². The summed E-state index contributed by atoms with van der Waals surface area (Å²) >= 11 is 0. The summed E-state index contributed by atoms with van der Waals surface area (Å²) in [7, 11) is 0. The van der Waals surface area contributed by atoms with Crippen molar-refractivity contribution in [3.8, 4) is 0 Å². The van der Waals surface area contributed by atoms with E-state index in [0.717, 1.165) is 5.69 Å². The van der Waals surface area contributed by atoms with Gasteiger partial charge in [-0.15, -0.1) is 5.43 Å². The molecule has 0 saturated carbocycles. The van der Waals surface area contributed by atoms with Crippen molar-refractivity contribution in [1.29, 1.82) is 0 Å². The van der Waals surface area contributed by atoms with Crippen molar-refractivity contribution in [3.05, 3.63) is 65.5 Å².